The molecule has 2 N–H and O–H groups in total. The molecule has 0 aliphatic carbocycles. The second-order valence-corrected chi connectivity index (χ2v) is 5.61. The molecule has 3 aromatic heterocycles. The first-order chi connectivity index (χ1) is 12.6. The van der Waals surface area contributed by atoms with Crippen LogP contribution in [0.2, 0.25) is 0 Å². The number of rotatable bonds is 3. The highest BCUT2D eigenvalue weighted by molar-refractivity contribution is 6.03. The summed E-state index contributed by atoms with van der Waals surface area (Å²) in [6.07, 6.45) is 3.20. The molecule has 0 aliphatic rings. The van der Waals surface area contributed by atoms with Crippen LogP contribution >= 0.6 is 0 Å². The van der Waals surface area contributed by atoms with Crippen molar-refractivity contribution in [2.24, 2.45) is 0 Å². The Kier molecular flexibility index (Phi) is 3.77. The Morgan fingerprint density at radius 2 is 1.88 bits per heavy atom. The molecular weight excluding hydrogens is 332 g/mol. The first-order valence-electron chi connectivity index (χ1n) is 7.87. The van der Waals surface area contributed by atoms with Gasteiger partial charge in [-0.1, -0.05) is 11.3 Å². The third-order valence-electron chi connectivity index (χ3n) is 3.98. The summed E-state index contributed by atoms with van der Waals surface area (Å²) < 4.78 is 1.59. The lowest BCUT2D eigenvalue weighted by Gasteiger charge is -2.08. The summed E-state index contributed by atoms with van der Waals surface area (Å²) in [4.78, 5) is 20.8. The summed E-state index contributed by atoms with van der Waals surface area (Å²) in [6.45, 7) is 1.75. The third kappa shape index (κ3) is 2.63. The molecule has 0 unspecified atom stereocenters. The van der Waals surface area contributed by atoms with E-state index in [1.165, 1.54) is 12.3 Å². The van der Waals surface area contributed by atoms with Gasteiger partial charge in [0.25, 0.3) is 5.91 Å². The van der Waals surface area contributed by atoms with E-state index >= 15 is 0 Å². The summed E-state index contributed by atoms with van der Waals surface area (Å²) in [6, 6.07) is 12.5. The predicted molar refractivity (Wildman–Crippen MR) is 95.3 cm³/mol. The molecule has 0 bridgehead atoms. The van der Waals surface area contributed by atoms with Crippen molar-refractivity contribution in [2.75, 3.05) is 5.32 Å². The van der Waals surface area contributed by atoms with E-state index in [0.29, 0.717) is 5.69 Å². The Labute approximate surface area is 148 Å². The first-order valence-corrected chi connectivity index (χ1v) is 7.87. The van der Waals surface area contributed by atoms with Crippen LogP contribution in [0.4, 0.5) is 5.82 Å². The fourth-order valence-electron chi connectivity index (χ4n) is 2.70. The molecular formula is C18H14N6O2. The van der Waals surface area contributed by atoms with Gasteiger partial charge >= 0.3 is 0 Å². The van der Waals surface area contributed by atoms with Crippen LogP contribution in [0, 0.1) is 6.92 Å². The average Bonchev–Trinajstić information content (AvgIpc) is 3.04. The summed E-state index contributed by atoms with van der Waals surface area (Å²) in [5, 5.41) is 21.3. The normalized spacial score (nSPS) is 10.8. The monoisotopic (exact) mass is 346 g/mol. The fraction of sp³-hybridized carbons (Fsp3) is 0.0556. The van der Waals surface area contributed by atoms with Gasteiger partial charge in [-0.15, -0.1) is 5.10 Å². The minimum Gasteiger partial charge on any atom is -0.504 e. The summed E-state index contributed by atoms with van der Waals surface area (Å²) in [5.74, 6) is -0.548. The number of nitrogens with one attached hydrogen (secondary N) is 1. The molecule has 0 saturated heterocycles. The van der Waals surface area contributed by atoms with Crippen molar-refractivity contribution in [1.29, 1.82) is 0 Å². The maximum atomic E-state index is 12.5. The minimum atomic E-state index is -0.499. The highest BCUT2D eigenvalue weighted by atomic mass is 16.3. The number of anilines is 1. The predicted octanol–water partition coefficient (Wildman–Crippen LogP) is 2.48. The summed E-state index contributed by atoms with van der Waals surface area (Å²) >= 11 is 0. The topological polar surface area (TPSA) is 106 Å². The Morgan fingerprint density at radius 1 is 1.08 bits per heavy atom. The van der Waals surface area contributed by atoms with Crippen LogP contribution in [-0.2, 0) is 0 Å². The van der Waals surface area contributed by atoms with Crippen molar-refractivity contribution in [1.82, 2.24) is 25.0 Å². The number of pyridine rings is 2. The van der Waals surface area contributed by atoms with Gasteiger partial charge in [-0.25, -0.2) is 9.67 Å². The molecule has 26 heavy (non-hydrogen) atoms. The zero-order valence-electron chi connectivity index (χ0n) is 13.8. The average molecular weight is 346 g/mol. The van der Waals surface area contributed by atoms with E-state index in [0.717, 1.165) is 16.6 Å². The quantitative estimate of drug-likeness (QED) is 0.590. The molecule has 0 radical (unpaired) electrons. The maximum absolute atomic E-state index is 12.5. The van der Waals surface area contributed by atoms with Crippen molar-refractivity contribution in [3.63, 3.8) is 0 Å². The van der Waals surface area contributed by atoms with E-state index in [1.807, 2.05) is 30.3 Å². The standard InChI is InChI=1S/C18H14N6O2/c1-11-16(18(26)21-17-15(25)8-4-10-20-17)22-23-24(11)14-7-2-6-13-12(14)5-3-9-19-13/h2-10,25H,1H3,(H,20,21,26). The van der Waals surface area contributed by atoms with Crippen LogP contribution < -0.4 is 5.32 Å². The van der Waals surface area contributed by atoms with Gasteiger partial charge in [0.2, 0.25) is 0 Å². The second-order valence-electron chi connectivity index (χ2n) is 5.61. The molecule has 1 amide bonds. The van der Waals surface area contributed by atoms with E-state index in [-0.39, 0.29) is 17.3 Å². The van der Waals surface area contributed by atoms with E-state index in [4.69, 9.17) is 0 Å². The second kappa shape index (κ2) is 6.25. The lowest BCUT2D eigenvalue weighted by Crippen LogP contribution is -2.15. The Balaban J connectivity index is 1.72. The number of carbonyl (C=O) groups is 1. The van der Waals surface area contributed by atoms with Gasteiger partial charge in [0.05, 0.1) is 16.9 Å². The lowest BCUT2D eigenvalue weighted by atomic mass is 10.2. The number of nitrogens with zero attached hydrogens (tertiary/aromatic N) is 5. The molecule has 8 heteroatoms. The fourth-order valence-corrected chi connectivity index (χ4v) is 2.70. The van der Waals surface area contributed by atoms with Crippen LogP contribution in [0.3, 0.4) is 0 Å². The van der Waals surface area contributed by atoms with E-state index < -0.39 is 5.91 Å². The van der Waals surface area contributed by atoms with Crippen molar-refractivity contribution < 1.29 is 9.90 Å². The van der Waals surface area contributed by atoms with Gasteiger partial charge < -0.3 is 10.4 Å². The van der Waals surface area contributed by atoms with Gasteiger partial charge in [-0.3, -0.25) is 9.78 Å². The number of hydrogen-bond acceptors (Lipinski definition) is 6. The van der Waals surface area contributed by atoms with Crippen LogP contribution in [0.1, 0.15) is 16.2 Å². The Hall–Kier alpha value is -3.81. The number of aromatic nitrogens is 5. The number of amides is 1. The van der Waals surface area contributed by atoms with Crippen LogP contribution in [-0.4, -0.2) is 36.0 Å². The number of benzene rings is 1. The van der Waals surface area contributed by atoms with Gasteiger partial charge in [-0.2, -0.15) is 0 Å². The third-order valence-corrected chi connectivity index (χ3v) is 3.98. The zero-order chi connectivity index (χ0) is 18.1. The van der Waals surface area contributed by atoms with E-state index in [2.05, 4.69) is 25.6 Å². The largest absolute Gasteiger partial charge is 0.504 e. The van der Waals surface area contributed by atoms with Crippen molar-refractivity contribution in [2.45, 2.75) is 6.92 Å². The van der Waals surface area contributed by atoms with E-state index in [1.54, 1.807) is 23.9 Å². The minimum absolute atomic E-state index is 0.0702. The van der Waals surface area contributed by atoms with Crippen LogP contribution in [0.5, 0.6) is 5.75 Å². The van der Waals surface area contributed by atoms with Gasteiger partial charge in [-0.05, 0) is 43.3 Å². The molecule has 1 aromatic carbocycles. The number of aromatic hydroxyl groups is 1. The van der Waals surface area contributed by atoms with Crippen molar-refractivity contribution in [3.8, 4) is 11.4 Å². The molecule has 4 aromatic rings. The lowest BCUT2D eigenvalue weighted by molar-refractivity contribution is 0.102. The van der Waals surface area contributed by atoms with Crippen molar-refractivity contribution >= 4 is 22.6 Å². The van der Waals surface area contributed by atoms with Gasteiger partial charge in [0, 0.05) is 17.8 Å². The summed E-state index contributed by atoms with van der Waals surface area (Å²) in [5.41, 5.74) is 2.31. The molecule has 3 heterocycles. The highest BCUT2D eigenvalue weighted by Crippen LogP contribution is 2.23. The number of fused-ring (bicyclic) bond motifs is 1. The van der Waals surface area contributed by atoms with Gasteiger partial charge in [0.1, 0.15) is 0 Å². The maximum Gasteiger partial charge on any atom is 0.279 e. The molecule has 8 nitrogen and oxygen atoms in total. The van der Waals surface area contributed by atoms with Crippen LogP contribution in [0.25, 0.3) is 16.6 Å². The molecule has 4 rings (SSSR count). The molecule has 0 fully saturated rings. The van der Waals surface area contributed by atoms with E-state index in [9.17, 15) is 9.90 Å². The van der Waals surface area contributed by atoms with Crippen LogP contribution in [0.15, 0.2) is 54.9 Å². The number of carbonyl (C=O) groups excluding carboxylic acids is 1. The first kappa shape index (κ1) is 15.7. The molecule has 0 atom stereocenters. The number of hydrogen-bond donors (Lipinski definition) is 2. The smallest absolute Gasteiger partial charge is 0.279 e. The molecule has 0 aliphatic heterocycles. The van der Waals surface area contributed by atoms with Gasteiger partial charge in [0.15, 0.2) is 17.3 Å². The Morgan fingerprint density at radius 3 is 2.73 bits per heavy atom. The van der Waals surface area contributed by atoms with Crippen molar-refractivity contribution in [3.05, 3.63) is 66.2 Å². The molecule has 128 valence electrons. The SMILES string of the molecule is Cc1c(C(=O)Nc2ncccc2O)nnn1-c1cccc2ncccc12. The highest BCUT2D eigenvalue weighted by Gasteiger charge is 2.19. The zero-order valence-corrected chi connectivity index (χ0v) is 13.8. The molecule has 0 spiro atoms. The Bertz CT molecular complexity index is 1120. The summed E-state index contributed by atoms with van der Waals surface area (Å²) in [7, 11) is 0. The molecule has 0 saturated carbocycles.